The maximum atomic E-state index is 13.8. The van der Waals surface area contributed by atoms with Gasteiger partial charge in [-0.2, -0.15) is 18.4 Å². The summed E-state index contributed by atoms with van der Waals surface area (Å²) >= 11 is 0. The molecule has 0 spiro atoms. The van der Waals surface area contributed by atoms with Crippen LogP contribution in [0.4, 0.5) is 23.2 Å². The van der Waals surface area contributed by atoms with Gasteiger partial charge in [0, 0.05) is 28.7 Å². The second kappa shape index (κ2) is 9.10. The summed E-state index contributed by atoms with van der Waals surface area (Å²) in [4.78, 5) is 12.6. The molecular formula is C25H21F4N3O. The topological polar surface area (TPSA) is 64.9 Å². The van der Waals surface area contributed by atoms with Gasteiger partial charge in [-0.3, -0.25) is 4.79 Å². The number of amides is 1. The highest BCUT2D eigenvalue weighted by molar-refractivity contribution is 5.95. The number of rotatable bonds is 4. The third kappa shape index (κ3) is 5.25. The van der Waals surface area contributed by atoms with E-state index in [4.69, 9.17) is 5.26 Å². The van der Waals surface area contributed by atoms with Crippen LogP contribution in [-0.2, 0) is 6.18 Å². The van der Waals surface area contributed by atoms with Crippen LogP contribution in [0.25, 0.3) is 10.8 Å². The lowest BCUT2D eigenvalue weighted by Crippen LogP contribution is -2.41. The normalized spacial score (nSPS) is 18.5. The summed E-state index contributed by atoms with van der Waals surface area (Å²) in [7, 11) is 0. The molecule has 4 rings (SSSR count). The smallest absolute Gasteiger partial charge is 0.382 e. The number of carbonyl (C=O) groups is 1. The standard InChI is InChI=1S/C25H21F4N3O/c26-19-8-7-16-10-18(25(27,28)29)11-23(22(16)12-19)31-20-5-2-6-21(13-20)32-24(33)17-4-1-3-15(9-17)14-30/h1,3-4,7-12,20-21,31H,2,5-6,13H2,(H,32,33)/t20-,21+/m0/s1. The largest absolute Gasteiger partial charge is 0.416 e. The second-order valence-corrected chi connectivity index (χ2v) is 8.26. The van der Waals surface area contributed by atoms with E-state index >= 15 is 0 Å². The van der Waals surface area contributed by atoms with Crippen LogP contribution < -0.4 is 10.6 Å². The molecule has 1 aliphatic rings. The van der Waals surface area contributed by atoms with E-state index in [2.05, 4.69) is 10.6 Å². The quantitative estimate of drug-likeness (QED) is 0.473. The summed E-state index contributed by atoms with van der Waals surface area (Å²) in [5.74, 6) is -0.831. The van der Waals surface area contributed by atoms with E-state index in [-0.39, 0.29) is 23.7 Å². The summed E-state index contributed by atoms with van der Waals surface area (Å²) < 4.78 is 54.0. The Morgan fingerprint density at radius 1 is 1.03 bits per heavy atom. The average molecular weight is 455 g/mol. The lowest BCUT2D eigenvalue weighted by Gasteiger charge is -2.31. The molecule has 1 amide bonds. The lowest BCUT2D eigenvalue weighted by molar-refractivity contribution is -0.137. The van der Waals surface area contributed by atoms with Gasteiger partial charge < -0.3 is 10.6 Å². The number of anilines is 1. The van der Waals surface area contributed by atoms with Crippen molar-refractivity contribution in [2.24, 2.45) is 0 Å². The number of hydrogen-bond acceptors (Lipinski definition) is 3. The zero-order valence-corrected chi connectivity index (χ0v) is 17.5. The summed E-state index contributed by atoms with van der Waals surface area (Å²) in [6, 6.07) is 13.7. The first-order chi connectivity index (χ1) is 15.7. The Morgan fingerprint density at radius 3 is 2.58 bits per heavy atom. The number of nitrogens with zero attached hydrogens (tertiary/aromatic N) is 1. The maximum absolute atomic E-state index is 13.8. The molecular weight excluding hydrogens is 434 g/mol. The van der Waals surface area contributed by atoms with E-state index in [0.29, 0.717) is 34.7 Å². The van der Waals surface area contributed by atoms with Gasteiger partial charge in [0.2, 0.25) is 0 Å². The van der Waals surface area contributed by atoms with E-state index in [0.717, 1.165) is 31.0 Å². The third-order valence-corrected chi connectivity index (χ3v) is 5.87. The van der Waals surface area contributed by atoms with Crippen LogP contribution in [0.2, 0.25) is 0 Å². The summed E-state index contributed by atoms with van der Waals surface area (Å²) in [5, 5.41) is 15.8. The zero-order valence-electron chi connectivity index (χ0n) is 17.5. The Morgan fingerprint density at radius 2 is 1.82 bits per heavy atom. The van der Waals surface area contributed by atoms with Gasteiger partial charge in [0.1, 0.15) is 5.82 Å². The molecule has 33 heavy (non-hydrogen) atoms. The molecule has 0 saturated heterocycles. The maximum Gasteiger partial charge on any atom is 0.416 e. The van der Waals surface area contributed by atoms with Crippen molar-refractivity contribution in [2.45, 2.75) is 43.9 Å². The van der Waals surface area contributed by atoms with E-state index < -0.39 is 17.6 Å². The molecule has 0 radical (unpaired) electrons. The molecule has 0 unspecified atom stereocenters. The molecule has 4 nitrogen and oxygen atoms in total. The van der Waals surface area contributed by atoms with Crippen molar-refractivity contribution in [1.29, 1.82) is 5.26 Å². The number of halogens is 4. The van der Waals surface area contributed by atoms with Gasteiger partial charge in [-0.15, -0.1) is 0 Å². The average Bonchev–Trinajstić information content (AvgIpc) is 2.79. The van der Waals surface area contributed by atoms with Gasteiger partial charge in [0.25, 0.3) is 5.91 Å². The van der Waals surface area contributed by atoms with Crippen molar-refractivity contribution in [3.05, 3.63) is 77.1 Å². The highest BCUT2D eigenvalue weighted by atomic mass is 19.4. The van der Waals surface area contributed by atoms with Gasteiger partial charge in [-0.25, -0.2) is 4.39 Å². The molecule has 2 atom stereocenters. The number of carbonyl (C=O) groups excluding carboxylic acids is 1. The Balaban J connectivity index is 1.53. The van der Waals surface area contributed by atoms with Crippen molar-refractivity contribution in [3.63, 3.8) is 0 Å². The van der Waals surface area contributed by atoms with Gasteiger partial charge in [0.05, 0.1) is 17.2 Å². The van der Waals surface area contributed by atoms with Gasteiger partial charge >= 0.3 is 6.18 Å². The Labute approximate surface area is 188 Å². The van der Waals surface area contributed by atoms with Crippen molar-refractivity contribution in [2.75, 3.05) is 5.32 Å². The number of alkyl halides is 3. The number of nitriles is 1. The highest BCUT2D eigenvalue weighted by Gasteiger charge is 2.32. The first-order valence-corrected chi connectivity index (χ1v) is 10.6. The highest BCUT2D eigenvalue weighted by Crippen LogP contribution is 2.36. The van der Waals surface area contributed by atoms with Crippen LogP contribution in [0.15, 0.2) is 54.6 Å². The van der Waals surface area contributed by atoms with Crippen LogP contribution >= 0.6 is 0 Å². The van der Waals surface area contributed by atoms with E-state index in [1.807, 2.05) is 6.07 Å². The molecule has 1 fully saturated rings. The van der Waals surface area contributed by atoms with Gasteiger partial charge in [-0.05, 0) is 73.5 Å². The molecule has 0 heterocycles. The van der Waals surface area contributed by atoms with Crippen LogP contribution in [0, 0.1) is 17.1 Å². The number of fused-ring (bicyclic) bond motifs is 1. The summed E-state index contributed by atoms with van der Waals surface area (Å²) in [6.07, 6.45) is -1.80. The lowest BCUT2D eigenvalue weighted by atomic mass is 9.90. The molecule has 3 aromatic rings. The Bertz CT molecular complexity index is 1230. The summed E-state index contributed by atoms with van der Waals surface area (Å²) in [5.41, 5.74) is 0.179. The molecule has 3 aromatic carbocycles. The fourth-order valence-electron chi connectivity index (χ4n) is 4.28. The van der Waals surface area contributed by atoms with Crippen LogP contribution in [0.5, 0.6) is 0 Å². The monoisotopic (exact) mass is 455 g/mol. The van der Waals surface area contributed by atoms with Gasteiger partial charge in [0.15, 0.2) is 0 Å². The fourth-order valence-corrected chi connectivity index (χ4v) is 4.28. The van der Waals surface area contributed by atoms with Crippen molar-refractivity contribution in [1.82, 2.24) is 5.32 Å². The third-order valence-electron chi connectivity index (χ3n) is 5.87. The minimum Gasteiger partial charge on any atom is -0.382 e. The molecule has 1 saturated carbocycles. The minimum atomic E-state index is -4.53. The molecule has 170 valence electrons. The second-order valence-electron chi connectivity index (χ2n) is 8.26. The molecule has 0 aromatic heterocycles. The van der Waals surface area contributed by atoms with Crippen molar-refractivity contribution in [3.8, 4) is 6.07 Å². The minimum absolute atomic E-state index is 0.178. The van der Waals surface area contributed by atoms with Crippen LogP contribution in [0.1, 0.15) is 47.2 Å². The molecule has 0 aliphatic heterocycles. The zero-order chi connectivity index (χ0) is 23.6. The Kier molecular flexibility index (Phi) is 6.23. The van der Waals surface area contributed by atoms with Crippen molar-refractivity contribution >= 4 is 22.4 Å². The molecule has 1 aliphatic carbocycles. The van der Waals surface area contributed by atoms with Crippen molar-refractivity contribution < 1.29 is 22.4 Å². The van der Waals surface area contributed by atoms with E-state index in [1.165, 1.54) is 18.2 Å². The van der Waals surface area contributed by atoms with Gasteiger partial charge in [-0.1, -0.05) is 12.1 Å². The Hall–Kier alpha value is -3.60. The predicted molar refractivity (Wildman–Crippen MR) is 117 cm³/mol. The molecule has 2 N–H and O–H groups in total. The van der Waals surface area contributed by atoms with E-state index in [9.17, 15) is 22.4 Å². The number of nitrogens with one attached hydrogen (secondary N) is 2. The first kappa shape index (κ1) is 22.6. The first-order valence-electron chi connectivity index (χ1n) is 10.6. The molecule has 0 bridgehead atoms. The SMILES string of the molecule is N#Cc1cccc(C(=O)N[C@@H]2CCC[C@H](Nc3cc(C(F)(F)F)cc4ccc(F)cc34)C2)c1. The number of benzene rings is 3. The fraction of sp³-hybridized carbons (Fsp3) is 0.280. The van der Waals surface area contributed by atoms with Crippen LogP contribution in [-0.4, -0.2) is 18.0 Å². The molecule has 8 heteroatoms. The number of hydrogen-bond donors (Lipinski definition) is 2. The van der Waals surface area contributed by atoms with Crippen LogP contribution in [0.3, 0.4) is 0 Å². The predicted octanol–water partition coefficient (Wildman–Crippen LogP) is 6.02. The summed E-state index contributed by atoms with van der Waals surface area (Å²) in [6.45, 7) is 0. The van der Waals surface area contributed by atoms with E-state index in [1.54, 1.807) is 18.2 Å².